The van der Waals surface area contributed by atoms with E-state index in [0.717, 1.165) is 51.4 Å². The molecule has 240 valence electrons. The van der Waals surface area contributed by atoms with Gasteiger partial charge in [0.1, 0.15) is 6.10 Å². The van der Waals surface area contributed by atoms with Gasteiger partial charge in [0.25, 0.3) is 0 Å². The molecule has 0 spiro atoms. The lowest BCUT2D eigenvalue weighted by molar-refractivity contribution is -0.150. The molecule has 0 rings (SSSR count). The highest BCUT2D eigenvalue weighted by Gasteiger charge is 2.14. The number of ether oxygens (including phenoxy) is 1. The third-order valence-electron chi connectivity index (χ3n) is 7.93. The van der Waals surface area contributed by atoms with Crippen LogP contribution in [0.4, 0.5) is 0 Å². The van der Waals surface area contributed by atoms with Gasteiger partial charge >= 0.3 is 11.9 Å². The summed E-state index contributed by atoms with van der Waals surface area (Å²) in [6.45, 7) is 4.47. The number of carbonyl (C=O) groups is 2. The summed E-state index contributed by atoms with van der Waals surface area (Å²) in [4.78, 5) is 23.1. The largest absolute Gasteiger partial charge is 0.481 e. The molecule has 0 aliphatic carbocycles. The Balaban J connectivity index is 3.66. The number of allylic oxidation sites excluding steroid dienone is 4. The zero-order valence-corrected chi connectivity index (χ0v) is 27.4. The number of hydrogen-bond donors (Lipinski definition) is 1. The van der Waals surface area contributed by atoms with E-state index in [0.29, 0.717) is 12.8 Å². The van der Waals surface area contributed by atoms with E-state index in [1.54, 1.807) is 0 Å². The second kappa shape index (κ2) is 32.9. The van der Waals surface area contributed by atoms with Crippen LogP contribution in [0, 0.1) is 0 Å². The first-order chi connectivity index (χ1) is 20.1. The van der Waals surface area contributed by atoms with Crippen LogP contribution in [0.3, 0.4) is 0 Å². The van der Waals surface area contributed by atoms with E-state index < -0.39 is 5.97 Å². The fourth-order valence-electron chi connectivity index (χ4n) is 5.27. The summed E-state index contributed by atoms with van der Waals surface area (Å²) < 4.78 is 5.84. The van der Waals surface area contributed by atoms with Crippen molar-refractivity contribution in [2.24, 2.45) is 0 Å². The number of carboxylic acid groups (broad SMARTS) is 1. The number of hydrogen-bond acceptors (Lipinski definition) is 3. The second-order valence-corrected chi connectivity index (χ2v) is 12.1. The highest BCUT2D eigenvalue weighted by Crippen LogP contribution is 2.18. The molecule has 4 heteroatoms. The van der Waals surface area contributed by atoms with Gasteiger partial charge in [-0.2, -0.15) is 0 Å². The molecular weight excluding hydrogens is 508 g/mol. The van der Waals surface area contributed by atoms with Crippen LogP contribution < -0.4 is 0 Å². The minimum atomic E-state index is -0.728. The van der Waals surface area contributed by atoms with Crippen molar-refractivity contribution in [3.63, 3.8) is 0 Å². The molecule has 0 amide bonds. The van der Waals surface area contributed by atoms with Crippen molar-refractivity contribution in [2.45, 2.75) is 200 Å². The van der Waals surface area contributed by atoms with E-state index in [9.17, 15) is 9.59 Å². The summed E-state index contributed by atoms with van der Waals surface area (Å²) in [7, 11) is 0. The SMILES string of the molecule is CCCCCCC/C=C\C/C=C\CCCCCCCCCCCC(=O)OC(CCCCCC)CCCCCC(=O)O. The first kappa shape index (κ1) is 39.4. The van der Waals surface area contributed by atoms with Crippen molar-refractivity contribution in [3.8, 4) is 0 Å². The summed E-state index contributed by atoms with van der Waals surface area (Å²) in [5.74, 6) is -0.771. The molecule has 0 aromatic carbocycles. The van der Waals surface area contributed by atoms with E-state index in [-0.39, 0.29) is 18.5 Å². The van der Waals surface area contributed by atoms with Gasteiger partial charge < -0.3 is 9.84 Å². The van der Waals surface area contributed by atoms with Crippen LogP contribution in [-0.2, 0) is 14.3 Å². The molecule has 1 unspecified atom stereocenters. The van der Waals surface area contributed by atoms with Gasteiger partial charge in [-0.15, -0.1) is 0 Å². The predicted octanol–water partition coefficient (Wildman–Crippen LogP) is 12.1. The van der Waals surface area contributed by atoms with Gasteiger partial charge in [-0.1, -0.05) is 134 Å². The minimum absolute atomic E-state index is 0.00594. The molecule has 0 aromatic heterocycles. The molecule has 0 heterocycles. The Morgan fingerprint density at radius 1 is 0.537 bits per heavy atom. The molecule has 1 N–H and O–H groups in total. The summed E-state index contributed by atoms with van der Waals surface area (Å²) in [6, 6.07) is 0. The first-order valence-electron chi connectivity index (χ1n) is 17.8. The fourth-order valence-corrected chi connectivity index (χ4v) is 5.27. The van der Waals surface area contributed by atoms with Crippen LogP contribution in [0.15, 0.2) is 24.3 Å². The minimum Gasteiger partial charge on any atom is -0.481 e. The van der Waals surface area contributed by atoms with E-state index in [4.69, 9.17) is 9.84 Å². The van der Waals surface area contributed by atoms with E-state index in [1.807, 2.05) is 0 Å². The molecule has 0 aliphatic heterocycles. The Morgan fingerprint density at radius 3 is 1.46 bits per heavy atom. The van der Waals surface area contributed by atoms with Gasteiger partial charge in [-0.05, 0) is 70.6 Å². The molecule has 0 bridgehead atoms. The van der Waals surface area contributed by atoms with Gasteiger partial charge in [0.15, 0.2) is 0 Å². The van der Waals surface area contributed by atoms with Crippen LogP contribution in [-0.4, -0.2) is 23.1 Å². The van der Waals surface area contributed by atoms with Crippen molar-refractivity contribution in [2.75, 3.05) is 0 Å². The molecule has 0 saturated heterocycles. The van der Waals surface area contributed by atoms with Crippen LogP contribution >= 0.6 is 0 Å². The molecule has 0 radical (unpaired) electrons. The number of carbonyl (C=O) groups excluding carboxylic acids is 1. The number of rotatable bonds is 32. The molecule has 4 nitrogen and oxygen atoms in total. The van der Waals surface area contributed by atoms with Crippen molar-refractivity contribution < 1.29 is 19.4 Å². The summed E-state index contributed by atoms with van der Waals surface area (Å²) in [5.41, 5.74) is 0. The summed E-state index contributed by atoms with van der Waals surface area (Å²) in [6.07, 6.45) is 40.7. The first-order valence-corrected chi connectivity index (χ1v) is 17.8. The van der Waals surface area contributed by atoms with Gasteiger partial charge in [-0.3, -0.25) is 9.59 Å². The maximum absolute atomic E-state index is 12.4. The highest BCUT2D eigenvalue weighted by molar-refractivity contribution is 5.69. The van der Waals surface area contributed by atoms with Crippen LogP contribution in [0.5, 0.6) is 0 Å². The molecule has 1 atom stereocenters. The van der Waals surface area contributed by atoms with Crippen molar-refractivity contribution >= 4 is 11.9 Å². The number of carboxylic acids is 1. The Kier molecular flexibility index (Phi) is 31.7. The zero-order valence-electron chi connectivity index (χ0n) is 27.4. The molecule has 0 aliphatic rings. The van der Waals surface area contributed by atoms with Gasteiger partial charge in [0, 0.05) is 12.8 Å². The van der Waals surface area contributed by atoms with Crippen molar-refractivity contribution in [3.05, 3.63) is 24.3 Å². The Bertz CT molecular complexity index is 624. The average molecular weight is 577 g/mol. The third-order valence-corrected chi connectivity index (χ3v) is 7.93. The maximum atomic E-state index is 12.4. The van der Waals surface area contributed by atoms with Gasteiger partial charge in [0.05, 0.1) is 0 Å². The lowest BCUT2D eigenvalue weighted by Gasteiger charge is -2.18. The van der Waals surface area contributed by atoms with E-state index in [1.165, 1.54) is 109 Å². The van der Waals surface area contributed by atoms with Crippen LogP contribution in [0.25, 0.3) is 0 Å². The Labute approximate surface area is 255 Å². The van der Waals surface area contributed by atoms with Crippen LogP contribution in [0.1, 0.15) is 194 Å². The summed E-state index contributed by atoms with van der Waals surface area (Å²) in [5, 5.41) is 8.80. The number of esters is 1. The van der Waals surface area contributed by atoms with Crippen LogP contribution in [0.2, 0.25) is 0 Å². The number of aliphatic carboxylic acids is 1. The van der Waals surface area contributed by atoms with Crippen molar-refractivity contribution in [1.82, 2.24) is 0 Å². The molecule has 0 fully saturated rings. The summed E-state index contributed by atoms with van der Waals surface area (Å²) >= 11 is 0. The van der Waals surface area contributed by atoms with Crippen molar-refractivity contribution in [1.29, 1.82) is 0 Å². The smallest absolute Gasteiger partial charge is 0.306 e. The Morgan fingerprint density at radius 2 is 0.951 bits per heavy atom. The average Bonchev–Trinajstić information content (AvgIpc) is 2.95. The normalized spacial score (nSPS) is 12.4. The monoisotopic (exact) mass is 577 g/mol. The van der Waals surface area contributed by atoms with Gasteiger partial charge in [-0.25, -0.2) is 0 Å². The fraction of sp³-hybridized carbons (Fsp3) is 0.838. The quantitative estimate of drug-likeness (QED) is 0.0491. The lowest BCUT2D eigenvalue weighted by atomic mass is 10.0. The standard InChI is InChI=1S/C37H68O4/c1-3-5-7-9-10-11-12-13-14-15-16-17-18-19-20-21-22-23-24-25-30-34-37(40)41-35(31-27-8-6-4-2)32-28-26-29-33-36(38)39/h12-13,15-16,35H,3-11,14,17-34H2,1-2H3,(H,38,39)/b13-12-,16-15-. The predicted molar refractivity (Wildman–Crippen MR) is 176 cm³/mol. The molecule has 0 aromatic rings. The van der Waals surface area contributed by atoms with Gasteiger partial charge in [0.2, 0.25) is 0 Å². The zero-order chi connectivity index (χ0) is 30.1. The number of unbranched alkanes of at least 4 members (excludes halogenated alkanes) is 19. The van der Waals surface area contributed by atoms with E-state index in [2.05, 4.69) is 38.2 Å². The Hall–Kier alpha value is -1.58. The third kappa shape index (κ3) is 32.8. The lowest BCUT2D eigenvalue weighted by Crippen LogP contribution is -2.18. The second-order valence-electron chi connectivity index (χ2n) is 12.1. The molecule has 41 heavy (non-hydrogen) atoms. The molecule has 0 saturated carbocycles. The molecular formula is C37H68O4. The van der Waals surface area contributed by atoms with E-state index >= 15 is 0 Å². The topological polar surface area (TPSA) is 63.6 Å². The maximum Gasteiger partial charge on any atom is 0.306 e. The highest BCUT2D eigenvalue weighted by atomic mass is 16.5.